The summed E-state index contributed by atoms with van der Waals surface area (Å²) in [6, 6.07) is 14.8. The van der Waals surface area contributed by atoms with Crippen LogP contribution in [0.1, 0.15) is 69.1 Å². The zero-order chi connectivity index (χ0) is 21.0. The Hall–Kier alpha value is -2.33. The lowest BCUT2D eigenvalue weighted by atomic mass is 9.78. The first kappa shape index (κ1) is 21.4. The van der Waals surface area contributed by atoms with E-state index in [2.05, 4.69) is 55.6 Å². The molecule has 3 unspecified atom stereocenters. The van der Waals surface area contributed by atoms with E-state index >= 15 is 0 Å². The largest absolute Gasteiger partial charge is 0.457 e. The third-order valence-corrected chi connectivity index (χ3v) is 5.58. The molecule has 2 aromatic rings. The summed E-state index contributed by atoms with van der Waals surface area (Å²) in [5.74, 6) is 2.11. The van der Waals surface area contributed by atoms with Crippen molar-refractivity contribution in [2.24, 2.45) is 5.92 Å². The molecule has 0 aliphatic carbocycles. The number of fused-ring (bicyclic) bond motifs is 2. The van der Waals surface area contributed by atoms with E-state index in [9.17, 15) is 4.79 Å². The summed E-state index contributed by atoms with van der Waals surface area (Å²) in [6.07, 6.45) is 1.83. The van der Waals surface area contributed by atoms with Crippen LogP contribution >= 0.6 is 0 Å². The van der Waals surface area contributed by atoms with Crippen molar-refractivity contribution >= 4 is 5.97 Å². The van der Waals surface area contributed by atoms with Gasteiger partial charge in [-0.1, -0.05) is 63.1 Å². The molecule has 0 spiro atoms. The summed E-state index contributed by atoms with van der Waals surface area (Å²) >= 11 is 0. The average molecular weight is 396 g/mol. The second-order valence-electron chi connectivity index (χ2n) is 8.32. The minimum absolute atomic E-state index is 0.131. The molecule has 2 aromatic carbocycles. The average Bonchev–Trinajstić information content (AvgIpc) is 2.81. The van der Waals surface area contributed by atoms with Crippen LogP contribution in [0, 0.1) is 12.8 Å². The Morgan fingerprint density at radius 3 is 2.52 bits per heavy atom. The van der Waals surface area contributed by atoms with E-state index in [0.29, 0.717) is 12.5 Å². The zero-order valence-corrected chi connectivity index (χ0v) is 18.2. The normalized spacial score (nSPS) is 19.0. The Bertz CT molecular complexity index is 846. The smallest absolute Gasteiger partial charge is 0.309 e. The molecule has 0 aromatic heterocycles. The summed E-state index contributed by atoms with van der Waals surface area (Å²) in [4.78, 5) is 12.0. The van der Waals surface area contributed by atoms with Gasteiger partial charge >= 0.3 is 5.97 Å². The number of hydrogen-bond donors (Lipinski definition) is 1. The van der Waals surface area contributed by atoms with Gasteiger partial charge in [0.15, 0.2) is 6.23 Å². The number of hydrogen-bond acceptors (Lipinski definition) is 4. The Labute approximate surface area is 174 Å². The molecule has 4 heteroatoms. The molecule has 1 N–H and O–H groups in total. The fourth-order valence-corrected chi connectivity index (χ4v) is 4.05. The molecule has 0 saturated carbocycles. The molecule has 1 heterocycles. The number of esters is 1. The van der Waals surface area contributed by atoms with E-state index in [-0.39, 0.29) is 24.0 Å². The van der Waals surface area contributed by atoms with E-state index in [4.69, 9.17) is 9.47 Å². The number of benzene rings is 2. The quantitative estimate of drug-likeness (QED) is 0.468. The Kier molecular flexibility index (Phi) is 6.96. The van der Waals surface area contributed by atoms with Gasteiger partial charge < -0.3 is 9.47 Å². The number of para-hydroxylation sites is 1. The van der Waals surface area contributed by atoms with Crippen LogP contribution < -0.4 is 10.1 Å². The number of ether oxygens (including phenoxy) is 2. The minimum Gasteiger partial charge on any atom is -0.457 e. The summed E-state index contributed by atoms with van der Waals surface area (Å²) < 4.78 is 11.9. The molecule has 1 aliphatic rings. The topological polar surface area (TPSA) is 47.6 Å². The predicted molar refractivity (Wildman–Crippen MR) is 116 cm³/mol. The van der Waals surface area contributed by atoms with Gasteiger partial charge in [-0.2, -0.15) is 0 Å². The molecule has 0 bridgehead atoms. The van der Waals surface area contributed by atoms with Crippen LogP contribution in [0.4, 0.5) is 0 Å². The maximum absolute atomic E-state index is 12.0. The first-order chi connectivity index (χ1) is 13.9. The van der Waals surface area contributed by atoms with Gasteiger partial charge in [0.05, 0.1) is 5.92 Å². The van der Waals surface area contributed by atoms with Crippen LogP contribution in [-0.2, 0) is 9.53 Å². The molecule has 0 radical (unpaired) electrons. The van der Waals surface area contributed by atoms with Crippen molar-refractivity contribution in [3.63, 3.8) is 0 Å². The van der Waals surface area contributed by atoms with E-state index in [1.165, 1.54) is 16.7 Å². The van der Waals surface area contributed by atoms with Crippen molar-refractivity contribution < 1.29 is 14.3 Å². The maximum Gasteiger partial charge on any atom is 0.309 e. The van der Waals surface area contributed by atoms with Crippen LogP contribution in [0.25, 0.3) is 0 Å². The van der Waals surface area contributed by atoms with Gasteiger partial charge in [-0.25, -0.2) is 0 Å². The van der Waals surface area contributed by atoms with Gasteiger partial charge in [-0.3, -0.25) is 10.1 Å². The summed E-state index contributed by atoms with van der Waals surface area (Å²) in [5.41, 5.74) is 3.69. The highest BCUT2D eigenvalue weighted by atomic mass is 16.6. The van der Waals surface area contributed by atoms with Crippen LogP contribution in [0.5, 0.6) is 11.5 Å². The van der Waals surface area contributed by atoms with Gasteiger partial charge in [0.25, 0.3) is 0 Å². The van der Waals surface area contributed by atoms with Crippen molar-refractivity contribution in [1.29, 1.82) is 0 Å². The molecule has 156 valence electrons. The highest BCUT2D eigenvalue weighted by Gasteiger charge is 2.32. The van der Waals surface area contributed by atoms with E-state index in [1.54, 1.807) is 0 Å². The summed E-state index contributed by atoms with van der Waals surface area (Å²) in [7, 11) is 0. The monoisotopic (exact) mass is 395 g/mol. The molecule has 29 heavy (non-hydrogen) atoms. The number of carbonyl (C=O) groups excluding carboxylic acids is 1. The van der Waals surface area contributed by atoms with Crippen molar-refractivity contribution in [3.8, 4) is 11.5 Å². The third-order valence-electron chi connectivity index (χ3n) is 5.58. The number of aryl methyl sites for hydroxylation is 1. The van der Waals surface area contributed by atoms with E-state index < -0.39 is 0 Å². The molecule has 0 saturated heterocycles. The zero-order valence-electron chi connectivity index (χ0n) is 18.2. The SMILES string of the molecule is CCCC1c2ccccc2Oc2ccc(C)cc2C1CNC(C)OC(=O)C(C)C. The standard InChI is InChI=1S/C25H33NO3/c1-6-9-19-20-10-7-8-11-23(20)29-24-13-12-17(4)14-21(24)22(19)15-26-18(5)28-25(27)16(2)3/h7-8,10-14,16,18-19,22,26H,6,9,15H2,1-5H3. The molecule has 0 fully saturated rings. The van der Waals surface area contributed by atoms with Crippen LogP contribution in [0.15, 0.2) is 42.5 Å². The fourth-order valence-electron chi connectivity index (χ4n) is 4.05. The first-order valence-electron chi connectivity index (χ1n) is 10.7. The van der Waals surface area contributed by atoms with Gasteiger partial charge in [0.1, 0.15) is 11.5 Å². The Morgan fingerprint density at radius 2 is 1.79 bits per heavy atom. The number of rotatable bonds is 7. The molecular formula is C25H33NO3. The van der Waals surface area contributed by atoms with Crippen LogP contribution in [0.3, 0.4) is 0 Å². The lowest BCUT2D eigenvalue weighted by Crippen LogP contribution is -2.36. The summed E-state index contributed by atoms with van der Waals surface area (Å²) in [6.45, 7) is 10.7. The third kappa shape index (κ3) is 4.99. The fraction of sp³-hybridized carbons (Fsp3) is 0.480. The van der Waals surface area contributed by atoms with Crippen molar-refractivity contribution in [1.82, 2.24) is 5.32 Å². The Morgan fingerprint density at radius 1 is 1.07 bits per heavy atom. The lowest BCUT2D eigenvalue weighted by Gasteiger charge is -2.28. The Balaban J connectivity index is 1.93. The van der Waals surface area contributed by atoms with Crippen molar-refractivity contribution in [2.45, 2.75) is 65.5 Å². The number of carbonyl (C=O) groups is 1. The highest BCUT2D eigenvalue weighted by Crippen LogP contribution is 2.48. The molecular weight excluding hydrogens is 362 g/mol. The van der Waals surface area contributed by atoms with Crippen molar-refractivity contribution in [3.05, 3.63) is 59.2 Å². The summed E-state index contributed by atoms with van der Waals surface area (Å²) in [5, 5.41) is 3.45. The second kappa shape index (κ2) is 9.45. The van der Waals surface area contributed by atoms with Gasteiger partial charge in [0, 0.05) is 18.0 Å². The molecule has 3 atom stereocenters. The van der Waals surface area contributed by atoms with E-state index in [1.807, 2.05) is 26.8 Å². The molecule has 3 rings (SSSR count). The number of nitrogens with one attached hydrogen (secondary N) is 1. The van der Waals surface area contributed by atoms with Gasteiger partial charge in [-0.05, 0) is 43.9 Å². The van der Waals surface area contributed by atoms with Gasteiger partial charge in [-0.15, -0.1) is 0 Å². The predicted octanol–water partition coefficient (Wildman–Crippen LogP) is 5.90. The highest BCUT2D eigenvalue weighted by molar-refractivity contribution is 5.71. The lowest BCUT2D eigenvalue weighted by molar-refractivity contribution is -0.153. The van der Waals surface area contributed by atoms with Crippen LogP contribution in [-0.4, -0.2) is 18.7 Å². The molecule has 1 aliphatic heterocycles. The second-order valence-corrected chi connectivity index (χ2v) is 8.32. The van der Waals surface area contributed by atoms with E-state index in [0.717, 1.165) is 24.3 Å². The molecule has 0 amide bonds. The molecule has 4 nitrogen and oxygen atoms in total. The van der Waals surface area contributed by atoms with Gasteiger partial charge in [0.2, 0.25) is 0 Å². The van der Waals surface area contributed by atoms with Crippen LogP contribution in [0.2, 0.25) is 0 Å². The first-order valence-corrected chi connectivity index (χ1v) is 10.7. The maximum atomic E-state index is 12.0. The van der Waals surface area contributed by atoms with Crippen molar-refractivity contribution in [2.75, 3.05) is 6.54 Å². The minimum atomic E-state index is -0.333.